The lowest BCUT2D eigenvalue weighted by Gasteiger charge is -2.29. The minimum absolute atomic E-state index is 0.0184. The fourth-order valence-corrected chi connectivity index (χ4v) is 2.43. The maximum atomic E-state index is 12.3. The van der Waals surface area contributed by atoms with Gasteiger partial charge in [0.15, 0.2) is 0 Å². The van der Waals surface area contributed by atoms with Crippen LogP contribution in [0.5, 0.6) is 0 Å². The van der Waals surface area contributed by atoms with Crippen LogP contribution in [0.1, 0.15) is 30.6 Å². The van der Waals surface area contributed by atoms with Crippen molar-refractivity contribution in [1.29, 1.82) is 0 Å². The summed E-state index contributed by atoms with van der Waals surface area (Å²) in [4.78, 5) is 14.3. The Morgan fingerprint density at radius 1 is 1.50 bits per heavy atom. The summed E-state index contributed by atoms with van der Waals surface area (Å²) in [6.07, 6.45) is 0.843. The molecule has 1 aromatic rings. The summed E-state index contributed by atoms with van der Waals surface area (Å²) in [6.45, 7) is 4.68. The molecule has 3 N–H and O–H groups in total. The molecule has 0 radical (unpaired) electrons. The summed E-state index contributed by atoms with van der Waals surface area (Å²) < 4.78 is 5.53. The van der Waals surface area contributed by atoms with E-state index in [4.69, 9.17) is 10.5 Å². The first-order chi connectivity index (χ1) is 9.33. The predicted octanol–water partition coefficient (Wildman–Crippen LogP) is 1.63. The Labute approximate surface area is 120 Å². The molecule has 0 spiro atoms. The number of anilines is 2. The normalized spacial score (nSPS) is 25.5. The van der Waals surface area contributed by atoms with Crippen LogP contribution in [0.15, 0.2) is 18.2 Å². The molecule has 0 bridgehead atoms. The van der Waals surface area contributed by atoms with Crippen LogP contribution in [0.25, 0.3) is 0 Å². The van der Waals surface area contributed by atoms with Gasteiger partial charge in [0, 0.05) is 26.3 Å². The second-order valence-corrected chi connectivity index (χ2v) is 5.80. The van der Waals surface area contributed by atoms with Crippen molar-refractivity contribution < 1.29 is 9.53 Å². The molecule has 20 heavy (non-hydrogen) atoms. The van der Waals surface area contributed by atoms with E-state index in [1.54, 1.807) is 12.1 Å². The van der Waals surface area contributed by atoms with Crippen LogP contribution in [0, 0.1) is 0 Å². The van der Waals surface area contributed by atoms with Gasteiger partial charge in [0.2, 0.25) is 0 Å². The molecular formula is C15H23N3O2. The average Bonchev–Trinajstić information content (AvgIpc) is 2.68. The number of nitrogens with one attached hydrogen (secondary N) is 1. The smallest absolute Gasteiger partial charge is 0.251 e. The van der Waals surface area contributed by atoms with E-state index < -0.39 is 0 Å². The fourth-order valence-electron chi connectivity index (χ4n) is 2.43. The van der Waals surface area contributed by atoms with Crippen molar-refractivity contribution in [2.75, 3.05) is 31.3 Å². The minimum Gasteiger partial charge on any atom is -0.397 e. The van der Waals surface area contributed by atoms with Crippen LogP contribution >= 0.6 is 0 Å². The molecular weight excluding hydrogens is 254 g/mol. The molecule has 2 unspecified atom stereocenters. The first kappa shape index (κ1) is 14.7. The maximum absolute atomic E-state index is 12.3. The van der Waals surface area contributed by atoms with E-state index in [0.717, 1.165) is 12.1 Å². The molecule has 1 aromatic carbocycles. The fraction of sp³-hybridized carbons (Fsp3) is 0.533. The van der Waals surface area contributed by atoms with Crippen LogP contribution in [-0.4, -0.2) is 38.3 Å². The average molecular weight is 277 g/mol. The van der Waals surface area contributed by atoms with Crippen LogP contribution in [0.4, 0.5) is 11.4 Å². The number of benzene rings is 1. The minimum atomic E-state index is -0.313. The summed E-state index contributed by atoms with van der Waals surface area (Å²) in [5, 5.41) is 3.06. The van der Waals surface area contributed by atoms with Crippen molar-refractivity contribution in [3.63, 3.8) is 0 Å². The van der Waals surface area contributed by atoms with Gasteiger partial charge in [-0.15, -0.1) is 0 Å². The van der Waals surface area contributed by atoms with Crippen molar-refractivity contribution in [2.24, 2.45) is 0 Å². The van der Waals surface area contributed by atoms with E-state index in [1.165, 1.54) is 0 Å². The highest BCUT2D eigenvalue weighted by atomic mass is 16.5. The first-order valence-corrected chi connectivity index (χ1v) is 6.84. The molecule has 5 heteroatoms. The van der Waals surface area contributed by atoms with Crippen LogP contribution < -0.4 is 16.0 Å². The predicted molar refractivity (Wildman–Crippen MR) is 81.1 cm³/mol. The van der Waals surface area contributed by atoms with E-state index in [2.05, 4.69) is 5.32 Å². The Balaban J connectivity index is 2.16. The summed E-state index contributed by atoms with van der Waals surface area (Å²) in [6, 6.07) is 5.38. The van der Waals surface area contributed by atoms with Gasteiger partial charge in [0.05, 0.1) is 23.0 Å². The number of nitrogens with two attached hydrogens (primary N) is 1. The summed E-state index contributed by atoms with van der Waals surface area (Å²) in [5.41, 5.74) is 7.75. The Morgan fingerprint density at radius 3 is 2.70 bits per heavy atom. The Bertz CT molecular complexity index is 516. The number of ether oxygens (including phenoxy) is 1. The SMILES string of the molecule is CC1OCCC1(C)NC(=O)c1ccc(N(C)C)c(N)c1. The molecule has 0 aliphatic carbocycles. The molecule has 0 aromatic heterocycles. The highest BCUT2D eigenvalue weighted by molar-refractivity contribution is 5.96. The zero-order valence-electron chi connectivity index (χ0n) is 12.6. The first-order valence-electron chi connectivity index (χ1n) is 6.84. The topological polar surface area (TPSA) is 67.6 Å². The monoisotopic (exact) mass is 277 g/mol. The van der Waals surface area contributed by atoms with Crippen LogP contribution in [0.2, 0.25) is 0 Å². The number of nitrogens with zero attached hydrogens (tertiary/aromatic N) is 1. The molecule has 1 aliphatic rings. The Hall–Kier alpha value is -1.75. The molecule has 1 saturated heterocycles. The third kappa shape index (κ3) is 2.72. The van der Waals surface area contributed by atoms with Crippen LogP contribution in [-0.2, 0) is 4.74 Å². The van der Waals surface area contributed by atoms with Crippen molar-refractivity contribution in [3.8, 4) is 0 Å². The van der Waals surface area contributed by atoms with E-state index in [9.17, 15) is 4.79 Å². The number of rotatable bonds is 3. The number of nitrogen functional groups attached to an aromatic ring is 1. The molecule has 1 aliphatic heterocycles. The molecule has 1 amide bonds. The third-order valence-electron chi connectivity index (χ3n) is 4.06. The second kappa shape index (κ2) is 5.32. The highest BCUT2D eigenvalue weighted by Gasteiger charge is 2.38. The lowest BCUT2D eigenvalue weighted by Crippen LogP contribution is -2.50. The van der Waals surface area contributed by atoms with Gasteiger partial charge in [0.25, 0.3) is 5.91 Å². The molecule has 1 heterocycles. The van der Waals surface area contributed by atoms with E-state index in [0.29, 0.717) is 17.9 Å². The number of amides is 1. The van der Waals surface area contributed by atoms with Crippen molar-refractivity contribution in [3.05, 3.63) is 23.8 Å². The molecule has 2 rings (SSSR count). The zero-order valence-corrected chi connectivity index (χ0v) is 12.6. The lowest BCUT2D eigenvalue weighted by molar-refractivity contribution is 0.0727. The lowest BCUT2D eigenvalue weighted by atomic mass is 9.94. The maximum Gasteiger partial charge on any atom is 0.251 e. The molecule has 1 fully saturated rings. The summed E-state index contributed by atoms with van der Waals surface area (Å²) in [5.74, 6) is -0.109. The highest BCUT2D eigenvalue weighted by Crippen LogP contribution is 2.27. The number of carbonyl (C=O) groups is 1. The second-order valence-electron chi connectivity index (χ2n) is 5.80. The van der Waals surface area contributed by atoms with Crippen molar-refractivity contribution in [1.82, 2.24) is 5.32 Å². The van der Waals surface area contributed by atoms with Gasteiger partial charge in [-0.1, -0.05) is 0 Å². The molecule has 2 atom stereocenters. The summed E-state index contributed by atoms with van der Waals surface area (Å²) in [7, 11) is 3.84. The van der Waals surface area contributed by atoms with Gasteiger partial charge in [-0.2, -0.15) is 0 Å². The number of hydrogen-bond donors (Lipinski definition) is 2. The van der Waals surface area contributed by atoms with Gasteiger partial charge in [-0.05, 0) is 38.5 Å². The van der Waals surface area contributed by atoms with Crippen LogP contribution in [0.3, 0.4) is 0 Å². The van der Waals surface area contributed by atoms with Gasteiger partial charge >= 0.3 is 0 Å². The van der Waals surface area contributed by atoms with Crippen molar-refractivity contribution >= 4 is 17.3 Å². The standard InChI is InChI=1S/C15H23N3O2/c1-10-15(2,7-8-20-10)17-14(19)11-5-6-13(18(3)4)12(16)9-11/h5-6,9-10H,7-8,16H2,1-4H3,(H,17,19). The number of hydrogen-bond acceptors (Lipinski definition) is 4. The van der Waals surface area contributed by atoms with E-state index in [-0.39, 0.29) is 17.6 Å². The molecule has 0 saturated carbocycles. The van der Waals surface area contributed by atoms with Gasteiger partial charge in [-0.3, -0.25) is 4.79 Å². The Kier molecular flexibility index (Phi) is 3.90. The third-order valence-corrected chi connectivity index (χ3v) is 4.06. The summed E-state index contributed by atoms with van der Waals surface area (Å²) >= 11 is 0. The quantitative estimate of drug-likeness (QED) is 0.824. The Morgan fingerprint density at radius 2 is 2.20 bits per heavy atom. The van der Waals surface area contributed by atoms with Gasteiger partial charge in [0.1, 0.15) is 0 Å². The van der Waals surface area contributed by atoms with Gasteiger partial charge < -0.3 is 20.7 Å². The van der Waals surface area contributed by atoms with Gasteiger partial charge in [-0.25, -0.2) is 0 Å². The van der Waals surface area contributed by atoms with Crippen molar-refractivity contribution in [2.45, 2.75) is 31.9 Å². The number of carbonyl (C=O) groups excluding carboxylic acids is 1. The zero-order chi connectivity index (χ0) is 14.9. The van der Waals surface area contributed by atoms with E-state index >= 15 is 0 Å². The van der Waals surface area contributed by atoms with E-state index in [1.807, 2.05) is 38.9 Å². The molecule has 110 valence electrons. The molecule has 5 nitrogen and oxygen atoms in total. The largest absolute Gasteiger partial charge is 0.397 e.